The van der Waals surface area contributed by atoms with E-state index in [1.54, 1.807) is 18.3 Å². The number of aromatic nitrogens is 1. The van der Waals surface area contributed by atoms with Gasteiger partial charge in [0.15, 0.2) is 0 Å². The number of hydrogen-bond acceptors (Lipinski definition) is 5. The number of rotatable bonds is 4. The molecule has 2 N–H and O–H groups in total. The van der Waals surface area contributed by atoms with E-state index >= 15 is 0 Å². The minimum atomic E-state index is -0.392. The molecule has 1 aromatic heterocycles. The highest BCUT2D eigenvalue weighted by Crippen LogP contribution is 2.32. The van der Waals surface area contributed by atoms with Crippen LogP contribution in [0.4, 0.5) is 11.4 Å². The molecule has 0 aliphatic carbocycles. The van der Waals surface area contributed by atoms with E-state index < -0.39 is 4.92 Å². The third-order valence-corrected chi connectivity index (χ3v) is 2.84. The summed E-state index contributed by atoms with van der Waals surface area (Å²) >= 11 is 0. The van der Waals surface area contributed by atoms with Gasteiger partial charge in [-0.2, -0.15) is 0 Å². The Kier molecular flexibility index (Phi) is 3.38. The summed E-state index contributed by atoms with van der Waals surface area (Å²) in [5.41, 5.74) is 6.52. The Bertz CT molecular complexity index is 585. The summed E-state index contributed by atoms with van der Waals surface area (Å²) in [5.74, 6) is 0. The van der Waals surface area contributed by atoms with Crippen LogP contribution in [0.2, 0.25) is 0 Å². The zero-order valence-electron chi connectivity index (χ0n) is 10.0. The van der Waals surface area contributed by atoms with Crippen LogP contribution in [-0.4, -0.2) is 30.0 Å². The number of fused-ring (bicyclic) bond motifs is 1. The second kappa shape index (κ2) is 4.97. The lowest BCUT2D eigenvalue weighted by molar-refractivity contribution is -0.383. The molecule has 0 unspecified atom stereocenters. The number of hydrogen-bond donors (Lipinski definition) is 1. The summed E-state index contributed by atoms with van der Waals surface area (Å²) in [5, 5.41) is 12.3. The van der Waals surface area contributed by atoms with Crippen molar-refractivity contribution < 1.29 is 4.92 Å². The fourth-order valence-electron chi connectivity index (χ4n) is 1.97. The number of benzene rings is 1. The lowest BCUT2D eigenvalue weighted by Gasteiger charge is -2.20. The number of likely N-dealkylation sites (N-methyl/N-ethyl adjacent to an activating group) is 1. The smallest absolute Gasteiger partial charge is 0.278 e. The van der Waals surface area contributed by atoms with Crippen LogP contribution >= 0.6 is 0 Å². The van der Waals surface area contributed by atoms with Crippen molar-refractivity contribution in [2.24, 2.45) is 5.73 Å². The van der Waals surface area contributed by atoms with Gasteiger partial charge in [-0.25, -0.2) is 0 Å². The van der Waals surface area contributed by atoms with Crippen molar-refractivity contribution in [3.63, 3.8) is 0 Å². The lowest BCUT2D eigenvalue weighted by atomic mass is 10.1. The second-order valence-corrected chi connectivity index (χ2v) is 3.99. The maximum absolute atomic E-state index is 11.0. The molecule has 0 aliphatic heterocycles. The normalized spacial score (nSPS) is 10.6. The maximum atomic E-state index is 11.0. The average molecular weight is 246 g/mol. The predicted molar refractivity (Wildman–Crippen MR) is 70.7 cm³/mol. The van der Waals surface area contributed by atoms with Crippen LogP contribution in [0.15, 0.2) is 30.6 Å². The minimum Gasteiger partial charge on any atom is -0.373 e. The van der Waals surface area contributed by atoms with Gasteiger partial charge in [0.05, 0.1) is 10.3 Å². The molecule has 94 valence electrons. The van der Waals surface area contributed by atoms with E-state index in [9.17, 15) is 10.1 Å². The van der Waals surface area contributed by atoms with Gasteiger partial charge in [0.25, 0.3) is 5.69 Å². The molecular formula is C12H14N4O2. The molecule has 0 saturated carbocycles. The van der Waals surface area contributed by atoms with E-state index in [4.69, 9.17) is 5.73 Å². The first-order valence-corrected chi connectivity index (χ1v) is 5.57. The van der Waals surface area contributed by atoms with Gasteiger partial charge in [-0.1, -0.05) is 0 Å². The average Bonchev–Trinajstić information content (AvgIpc) is 2.37. The van der Waals surface area contributed by atoms with Crippen molar-refractivity contribution in [2.75, 3.05) is 25.0 Å². The highest BCUT2D eigenvalue weighted by atomic mass is 16.6. The lowest BCUT2D eigenvalue weighted by Crippen LogP contribution is -2.25. The van der Waals surface area contributed by atoms with Crippen molar-refractivity contribution >= 4 is 22.1 Å². The van der Waals surface area contributed by atoms with Gasteiger partial charge in [-0.3, -0.25) is 15.1 Å². The Balaban J connectivity index is 2.64. The highest BCUT2D eigenvalue weighted by molar-refractivity contribution is 5.99. The fraction of sp³-hybridized carbons (Fsp3) is 0.250. The number of non-ortho nitro benzene ring substituents is 1. The van der Waals surface area contributed by atoms with Crippen molar-refractivity contribution in [3.8, 4) is 0 Å². The van der Waals surface area contributed by atoms with E-state index in [1.807, 2.05) is 11.9 Å². The SMILES string of the molecule is CN(CCN)c1ccc([N+](=O)[O-])c2cnccc12. The predicted octanol–water partition coefficient (Wildman–Crippen LogP) is 1.54. The summed E-state index contributed by atoms with van der Waals surface area (Å²) in [6, 6.07) is 5.03. The molecule has 0 fully saturated rings. The standard InChI is InChI=1S/C12H14N4O2/c1-15(7-5-13)11-2-3-12(16(17)18)10-8-14-6-4-9(10)11/h2-4,6,8H,5,7,13H2,1H3. The molecule has 6 nitrogen and oxygen atoms in total. The van der Waals surface area contributed by atoms with Gasteiger partial charge in [0.1, 0.15) is 0 Å². The second-order valence-electron chi connectivity index (χ2n) is 3.99. The summed E-state index contributed by atoms with van der Waals surface area (Å²) < 4.78 is 0. The third-order valence-electron chi connectivity index (χ3n) is 2.84. The van der Waals surface area contributed by atoms with Crippen molar-refractivity contribution in [1.29, 1.82) is 0 Å². The van der Waals surface area contributed by atoms with Crippen molar-refractivity contribution in [1.82, 2.24) is 4.98 Å². The molecule has 0 radical (unpaired) electrons. The number of nitro groups is 1. The fourth-order valence-corrected chi connectivity index (χ4v) is 1.97. The monoisotopic (exact) mass is 246 g/mol. The van der Waals surface area contributed by atoms with Crippen LogP contribution in [-0.2, 0) is 0 Å². The number of pyridine rings is 1. The number of nitrogens with two attached hydrogens (primary N) is 1. The Morgan fingerprint density at radius 3 is 2.83 bits per heavy atom. The summed E-state index contributed by atoms with van der Waals surface area (Å²) in [6.45, 7) is 1.22. The molecule has 0 spiro atoms. The molecule has 0 aliphatic rings. The summed E-state index contributed by atoms with van der Waals surface area (Å²) in [6.07, 6.45) is 3.15. The first-order valence-electron chi connectivity index (χ1n) is 5.57. The van der Waals surface area contributed by atoms with Gasteiger partial charge in [0.2, 0.25) is 0 Å². The van der Waals surface area contributed by atoms with Crippen LogP contribution in [0.3, 0.4) is 0 Å². The molecule has 0 amide bonds. The number of nitrogens with zero attached hydrogens (tertiary/aromatic N) is 3. The highest BCUT2D eigenvalue weighted by Gasteiger charge is 2.15. The molecule has 2 aromatic rings. The molecule has 18 heavy (non-hydrogen) atoms. The Morgan fingerprint density at radius 2 is 2.17 bits per heavy atom. The molecule has 1 aromatic carbocycles. The van der Waals surface area contributed by atoms with Crippen molar-refractivity contribution in [2.45, 2.75) is 0 Å². The van der Waals surface area contributed by atoms with Crippen LogP contribution in [0.1, 0.15) is 0 Å². The molecule has 0 saturated heterocycles. The summed E-state index contributed by atoms with van der Waals surface area (Å²) in [7, 11) is 1.91. The molecule has 1 heterocycles. The van der Waals surface area contributed by atoms with Crippen LogP contribution in [0, 0.1) is 10.1 Å². The molecule has 0 atom stereocenters. The van der Waals surface area contributed by atoms with E-state index in [2.05, 4.69) is 4.98 Å². The zero-order valence-corrected chi connectivity index (χ0v) is 10.0. The third kappa shape index (κ3) is 2.10. The topological polar surface area (TPSA) is 85.3 Å². The van der Waals surface area contributed by atoms with E-state index in [-0.39, 0.29) is 5.69 Å². The number of nitro benzene ring substituents is 1. The van der Waals surface area contributed by atoms with E-state index in [0.29, 0.717) is 18.5 Å². The van der Waals surface area contributed by atoms with E-state index in [1.165, 1.54) is 12.3 Å². The Hall–Kier alpha value is -2.21. The molecule has 2 rings (SSSR count). The maximum Gasteiger partial charge on any atom is 0.278 e. The minimum absolute atomic E-state index is 0.0722. The van der Waals surface area contributed by atoms with Crippen molar-refractivity contribution in [3.05, 3.63) is 40.7 Å². The van der Waals surface area contributed by atoms with Gasteiger partial charge in [-0.15, -0.1) is 0 Å². The first kappa shape index (κ1) is 12.3. The quantitative estimate of drug-likeness (QED) is 0.653. The molecular weight excluding hydrogens is 232 g/mol. The Labute approximate surface area is 104 Å². The van der Waals surface area contributed by atoms with Crippen LogP contribution in [0.5, 0.6) is 0 Å². The molecule has 0 bridgehead atoms. The van der Waals surface area contributed by atoms with Gasteiger partial charge in [0, 0.05) is 49.7 Å². The molecule has 6 heteroatoms. The van der Waals surface area contributed by atoms with Gasteiger partial charge < -0.3 is 10.6 Å². The largest absolute Gasteiger partial charge is 0.373 e. The zero-order chi connectivity index (χ0) is 13.1. The van der Waals surface area contributed by atoms with Gasteiger partial charge >= 0.3 is 0 Å². The summed E-state index contributed by atoms with van der Waals surface area (Å²) in [4.78, 5) is 16.5. The number of anilines is 1. The van der Waals surface area contributed by atoms with Crippen LogP contribution in [0.25, 0.3) is 10.8 Å². The van der Waals surface area contributed by atoms with Gasteiger partial charge in [-0.05, 0) is 12.1 Å². The van der Waals surface area contributed by atoms with Crippen LogP contribution < -0.4 is 10.6 Å². The Morgan fingerprint density at radius 1 is 1.39 bits per heavy atom. The first-order chi connectivity index (χ1) is 8.65. The van der Waals surface area contributed by atoms with E-state index in [0.717, 1.165) is 11.1 Å².